The molecule has 0 bridgehead atoms. The van der Waals surface area contributed by atoms with E-state index < -0.39 is 143 Å². The van der Waals surface area contributed by atoms with Crippen LogP contribution in [0.5, 0.6) is 5.75 Å². The third-order valence-corrected chi connectivity index (χ3v) is 19.2. The van der Waals surface area contributed by atoms with Crippen LogP contribution in [0.2, 0.25) is 0 Å². The lowest BCUT2D eigenvalue weighted by atomic mass is 10.0. The number of aromatic hydroxyl groups is 1. The zero-order chi connectivity index (χ0) is 71.5. The first-order valence-electron chi connectivity index (χ1n) is 31.7. The summed E-state index contributed by atoms with van der Waals surface area (Å²) in [6.07, 6.45) is -0.423. The first kappa shape index (κ1) is 78.3. The molecule has 0 unspecified atom stereocenters. The molecule has 3 aromatic carbocycles. The number of carbonyl (C=O) groups is 11. The lowest BCUT2D eigenvalue weighted by molar-refractivity contribution is -0.136. The minimum atomic E-state index is -1.85. The molecule has 28 nitrogen and oxygen atoms in total. The van der Waals surface area contributed by atoms with Gasteiger partial charge >= 0.3 is 12.2 Å². The maximum Gasteiger partial charge on any atom is 0.408 e. The molecule has 0 spiro atoms. The average Bonchev–Trinajstić information content (AvgIpc) is 1.61. The van der Waals surface area contributed by atoms with Crippen molar-refractivity contribution in [3.8, 4) is 5.75 Å². The number of aliphatic hydroxyl groups excluding tert-OH is 1. The van der Waals surface area contributed by atoms with Crippen molar-refractivity contribution in [1.29, 1.82) is 0 Å². The molecule has 32 heteroatoms. The van der Waals surface area contributed by atoms with Crippen LogP contribution in [0.3, 0.4) is 0 Å². The Morgan fingerprint density at radius 1 is 0.684 bits per heavy atom. The van der Waals surface area contributed by atoms with Crippen molar-refractivity contribution in [2.24, 2.45) is 5.73 Å². The number of primary amides is 1. The summed E-state index contributed by atoms with van der Waals surface area (Å²) in [5, 5.41) is 49.4. The molecule has 1 aliphatic heterocycles. The number of pyridine rings is 1. The van der Waals surface area contributed by atoms with Crippen LogP contribution < -0.4 is 58.9 Å². The number of hydrogen-bond acceptors (Lipinski definition) is 20. The van der Waals surface area contributed by atoms with Gasteiger partial charge in [-0.2, -0.15) is 0 Å². The molecule has 3 heterocycles. The second-order valence-electron chi connectivity index (χ2n) is 24.9. The van der Waals surface area contributed by atoms with E-state index in [0.717, 1.165) is 26.6 Å². The van der Waals surface area contributed by atoms with Crippen molar-refractivity contribution in [3.63, 3.8) is 0 Å². The summed E-state index contributed by atoms with van der Waals surface area (Å²) in [7, 11) is 4.51. The predicted octanol–water partition coefficient (Wildman–Crippen LogP) is 3.49. The molecule has 0 radical (unpaired) electrons. The number of phenols is 1. The van der Waals surface area contributed by atoms with E-state index in [1.54, 1.807) is 121 Å². The van der Waals surface area contributed by atoms with E-state index in [1.807, 2.05) is 6.07 Å². The molecular formula is C66H87N13O15S4. The molecule has 530 valence electrons. The normalized spacial score (nSPS) is 19.4. The minimum absolute atomic E-state index is 0.00401. The molecule has 1 fully saturated rings. The van der Waals surface area contributed by atoms with Gasteiger partial charge in [-0.25, -0.2) is 14.6 Å². The van der Waals surface area contributed by atoms with E-state index in [9.17, 15) is 48.6 Å². The number of carbonyl (C=O) groups excluding carboxylic acids is 11. The average molecular weight is 1430 g/mol. The maximum atomic E-state index is 15.2. The summed E-state index contributed by atoms with van der Waals surface area (Å²) in [5.74, 6) is -8.88. The zero-order valence-corrected chi connectivity index (χ0v) is 58.7. The number of ether oxygens (including phenoxy) is 2. The number of fused-ring (bicyclic) bond motifs is 1. The van der Waals surface area contributed by atoms with Gasteiger partial charge < -0.3 is 83.6 Å². The van der Waals surface area contributed by atoms with Crippen LogP contribution in [-0.2, 0) is 71.9 Å². The quantitative estimate of drug-likeness (QED) is 0.0294. The van der Waals surface area contributed by atoms with Gasteiger partial charge in [-0.3, -0.25) is 43.2 Å². The smallest absolute Gasteiger partial charge is 0.408 e. The Morgan fingerprint density at radius 3 is 1.99 bits per heavy atom. The number of aromatic amines is 1. The predicted molar refractivity (Wildman–Crippen MR) is 375 cm³/mol. The summed E-state index contributed by atoms with van der Waals surface area (Å²) >= 11 is 0. The van der Waals surface area contributed by atoms with Crippen molar-refractivity contribution in [2.45, 2.75) is 164 Å². The van der Waals surface area contributed by atoms with E-state index in [0.29, 0.717) is 33.3 Å². The number of aliphatic hydroxyl groups is 1. The molecule has 0 aliphatic carbocycles. The van der Waals surface area contributed by atoms with Crippen molar-refractivity contribution < 1.29 is 72.4 Å². The Balaban J connectivity index is 1.39. The number of nitrogens with zero attached hydrogens (tertiary/aromatic N) is 1. The number of benzene rings is 3. The molecule has 15 N–H and O–H groups in total. The number of H-pyrrole nitrogens is 1. The molecule has 6 rings (SSSR count). The van der Waals surface area contributed by atoms with Crippen LogP contribution in [0, 0.1) is 0 Å². The first-order valence-corrected chi connectivity index (χ1v) is 36.5. The van der Waals surface area contributed by atoms with Crippen molar-refractivity contribution in [3.05, 3.63) is 126 Å². The van der Waals surface area contributed by atoms with E-state index in [1.165, 1.54) is 52.8 Å². The second-order valence-corrected chi connectivity index (χ2v) is 29.9. The Morgan fingerprint density at radius 2 is 1.32 bits per heavy atom. The van der Waals surface area contributed by atoms with Gasteiger partial charge in [0.2, 0.25) is 53.2 Å². The number of unbranched alkanes of at least 4 members (excludes halogenated alkanes) is 1. The van der Waals surface area contributed by atoms with Gasteiger partial charge in [0.15, 0.2) is 0 Å². The number of rotatable bonds is 25. The van der Waals surface area contributed by atoms with E-state index in [-0.39, 0.29) is 63.0 Å². The van der Waals surface area contributed by atoms with Crippen LogP contribution in [0.4, 0.5) is 9.59 Å². The van der Waals surface area contributed by atoms with Crippen molar-refractivity contribution in [2.75, 3.05) is 30.3 Å². The minimum Gasteiger partial charge on any atom is -0.508 e. The third kappa shape index (κ3) is 27.3. The Bertz CT molecular complexity index is 3520. The van der Waals surface area contributed by atoms with Crippen LogP contribution >= 0.6 is 43.2 Å². The van der Waals surface area contributed by atoms with Crippen LogP contribution in [0.15, 0.2) is 114 Å². The van der Waals surface area contributed by atoms with E-state index in [4.69, 9.17) is 15.2 Å². The maximum absolute atomic E-state index is 15.2. The van der Waals surface area contributed by atoms with Gasteiger partial charge in [-0.1, -0.05) is 99.1 Å². The second kappa shape index (κ2) is 38.4. The fourth-order valence-corrected chi connectivity index (χ4v) is 13.8. The van der Waals surface area contributed by atoms with Gasteiger partial charge in [0.25, 0.3) is 0 Å². The zero-order valence-electron chi connectivity index (χ0n) is 55.4. The molecule has 1 aliphatic rings. The van der Waals surface area contributed by atoms with Gasteiger partial charge in [0.1, 0.15) is 70.3 Å². The number of hydrogen-bond donors (Lipinski definition) is 14. The van der Waals surface area contributed by atoms with Gasteiger partial charge in [-0.05, 0) is 126 Å². The Labute approximate surface area is 583 Å². The number of amides is 11. The summed E-state index contributed by atoms with van der Waals surface area (Å²) in [6.45, 7) is 10.8. The number of alkyl carbamates (subject to hydrolysis) is 2. The highest BCUT2D eigenvalue weighted by atomic mass is 33.1. The monoisotopic (exact) mass is 1430 g/mol. The van der Waals surface area contributed by atoms with Crippen LogP contribution in [0.1, 0.15) is 90.8 Å². The summed E-state index contributed by atoms with van der Waals surface area (Å²) in [6, 6.07) is 14.3. The molecule has 9 atom stereocenters. The lowest BCUT2D eigenvalue weighted by Gasteiger charge is -2.29. The molecule has 2 aromatic heterocycles. The number of para-hydroxylation sites is 1. The number of aromatic nitrogens is 2. The summed E-state index contributed by atoms with van der Waals surface area (Å²) in [5.41, 5.74) is 6.24. The third-order valence-electron chi connectivity index (χ3n) is 14.5. The molecule has 5 aromatic rings. The molecule has 11 amide bonds. The standard InChI is InChI=1S/C66H87N13O15S4/c1-38(80)54-62(90)77-51(61(89)75-49(55(67)83)35-71-52(82)27-30-95-98-53-22-14-16-28-68-53)37-97-96-36-50(76-58(86)47(31-39-17-9-8-10-18-39)78-64(92)94-66(5,6)7)60(88)73-46(32-40-23-25-42(81)26-24-40)57(85)74-48(33-41-34-70-44-20-12-11-19-43(41)44)59(87)72-45(56(84)79-54)21-13-15-29-69-63(91)93-65(2,3)4/h8-12,14,16-20,22-26,28,34,38,45-51,54,70,80-81H,13,15,21,27,29-33,35-37H2,1-7H3,(H2,67,83)(H,69,91)(H,71,82)(H,72,87)(H,73,88)(H,74,85)(H,75,89)(H,76,86)(H,77,90)(H,78,92)(H,79,84)/t38-,45+,46+,47-,48-,49+,50+,51+,54+/m1/s1. The highest BCUT2D eigenvalue weighted by Crippen LogP contribution is 2.29. The van der Waals surface area contributed by atoms with E-state index in [2.05, 4.69) is 63.1 Å². The van der Waals surface area contributed by atoms with E-state index >= 15 is 14.4 Å². The first-order chi connectivity index (χ1) is 46.5. The topological polar surface area (TPSA) is 422 Å². The summed E-state index contributed by atoms with van der Waals surface area (Å²) in [4.78, 5) is 164. The lowest BCUT2D eigenvalue weighted by Crippen LogP contribution is -2.62. The van der Waals surface area contributed by atoms with Gasteiger partial charge in [0.05, 0.1) is 6.10 Å². The summed E-state index contributed by atoms with van der Waals surface area (Å²) < 4.78 is 10.9. The van der Waals surface area contributed by atoms with Crippen LogP contribution in [-0.4, -0.2) is 182 Å². The molecule has 0 saturated carbocycles. The molecule has 98 heavy (non-hydrogen) atoms. The van der Waals surface area contributed by atoms with Crippen LogP contribution in [0.25, 0.3) is 10.9 Å². The SMILES string of the molecule is C[C@@H](O)[C@@H]1NC(=O)[C@H](CCCCNC(=O)OC(C)(C)C)NC(=O)[C@@H](Cc2c[nH]c3ccccc23)NC(=O)[C@H](Cc2ccc(O)cc2)NC(=O)[C@@H](NC(=O)[C@@H](Cc2ccccc2)NC(=O)OC(C)(C)C)CSSC[C@@H](C(=O)N[C@@H](CNC(=O)CCSSc2ccccn2)C(N)=O)NC1=O. The van der Waals surface area contributed by atoms with Gasteiger partial charge in [-0.15, -0.1) is 0 Å². The molecule has 1 saturated heterocycles. The Kier molecular flexibility index (Phi) is 30.7. The molecular weight excluding hydrogens is 1340 g/mol. The number of phenolic OH excluding ortho intramolecular Hbond substituents is 1. The highest BCUT2D eigenvalue weighted by molar-refractivity contribution is 8.77. The number of nitrogens with one attached hydrogen (secondary N) is 11. The number of nitrogens with two attached hydrogens (primary N) is 1. The van der Waals surface area contributed by atoms with Gasteiger partial charge in [0, 0.05) is 79.3 Å². The Hall–Kier alpha value is -8.72. The highest BCUT2D eigenvalue weighted by Gasteiger charge is 2.38. The van der Waals surface area contributed by atoms with Crippen molar-refractivity contribution in [1.82, 2.24) is 63.1 Å². The fourth-order valence-electron chi connectivity index (χ4n) is 9.60. The largest absolute Gasteiger partial charge is 0.508 e. The fraction of sp³-hybridized carbons (Fsp3) is 0.455. The van der Waals surface area contributed by atoms with Crippen molar-refractivity contribution >= 4 is 119 Å².